The molecule has 3 aliphatic carbocycles. The topological polar surface area (TPSA) is 102 Å². The van der Waals surface area contributed by atoms with Crippen molar-refractivity contribution in [1.82, 2.24) is 0 Å². The Labute approximate surface area is 361 Å². The summed E-state index contributed by atoms with van der Waals surface area (Å²) in [4.78, 5) is 0. The maximum Gasteiger partial charge on any atom is 2.00 e. The third kappa shape index (κ3) is 13.7. The molecule has 0 saturated heterocycles. The van der Waals surface area contributed by atoms with Crippen LogP contribution in [0.1, 0.15) is 146 Å². The van der Waals surface area contributed by atoms with Crippen LogP contribution < -0.4 is 20.5 Å². The molecule has 3 aromatic rings. The fraction of sp³-hybridized carbons (Fsp3) is 0.500. The maximum absolute atomic E-state index is 9.08. The number of allylic oxidation sites excluding steroid dienone is 4. The number of nitrogens with two attached hydrogens (primary N) is 1. The molecule has 0 unspecified atom stereocenters. The predicted molar refractivity (Wildman–Crippen MR) is 240 cm³/mol. The van der Waals surface area contributed by atoms with E-state index in [9.17, 15) is 0 Å². The van der Waals surface area contributed by atoms with Crippen molar-refractivity contribution in [1.29, 1.82) is 0 Å². The summed E-state index contributed by atoms with van der Waals surface area (Å²) in [5.74, 6) is 3.50. The first-order valence-corrected chi connectivity index (χ1v) is 24.0. The summed E-state index contributed by atoms with van der Waals surface area (Å²) in [6.45, 7) is 14.1. The first-order valence-electron chi connectivity index (χ1n) is 20.7. The van der Waals surface area contributed by atoms with E-state index in [-0.39, 0.29) is 28.3 Å². The van der Waals surface area contributed by atoms with Gasteiger partial charge in [-0.1, -0.05) is 130 Å². The number of hydrogen-bond acceptors (Lipinski definition) is 6. The summed E-state index contributed by atoms with van der Waals surface area (Å²) in [6, 6.07) is 17.3. The minimum atomic E-state index is -3.92. The molecule has 6 nitrogen and oxygen atoms in total. The van der Waals surface area contributed by atoms with Crippen LogP contribution >= 0.6 is 7.92 Å². The Morgan fingerprint density at radius 1 is 0.754 bits per heavy atom. The molecule has 0 amide bonds. The van der Waals surface area contributed by atoms with E-state index in [2.05, 4.69) is 78.3 Å². The molecule has 3 aliphatic rings. The Hall–Kier alpha value is -2.59. The van der Waals surface area contributed by atoms with Crippen molar-refractivity contribution in [2.75, 3.05) is 26.2 Å². The number of para-hydroxylation sites is 1. The summed E-state index contributed by atoms with van der Waals surface area (Å²) in [6.07, 6.45) is 24.6. The molecule has 0 atom stereocenters. The zero-order valence-corrected chi connectivity index (χ0v) is 39.0. The van der Waals surface area contributed by atoms with Crippen LogP contribution in [0.25, 0.3) is 16.7 Å². The van der Waals surface area contributed by atoms with Crippen LogP contribution in [0.4, 0.5) is 5.69 Å². The van der Waals surface area contributed by atoms with Gasteiger partial charge in [0.1, 0.15) is 11.5 Å². The van der Waals surface area contributed by atoms with Crippen LogP contribution in [0.2, 0.25) is 0 Å². The van der Waals surface area contributed by atoms with Gasteiger partial charge in [-0.15, -0.1) is 18.1 Å². The minimum Gasteiger partial charge on any atom is -0.748 e. The molecule has 57 heavy (non-hydrogen) atoms. The molecule has 0 bridgehead atoms. The summed E-state index contributed by atoms with van der Waals surface area (Å²) in [7, 11) is -0.536. The van der Waals surface area contributed by atoms with Gasteiger partial charge >= 0.3 is 20.4 Å². The van der Waals surface area contributed by atoms with Crippen LogP contribution in [-0.2, 0) is 30.5 Å². The quantitative estimate of drug-likeness (QED) is 0.0715. The van der Waals surface area contributed by atoms with Gasteiger partial charge in [-0.3, -0.25) is 0 Å². The molecule has 6 rings (SSSR count). The molecule has 1 radical (unpaired) electrons. The SMILES string of the molecule is COc1ccc(OC)c(P(C2CCCCC2)C2CCCCC2)c1-c1c(C(C)C)cc(C(C)C)cc1C(C)C.CS(=O)(=O)[O-].Nc1ccccc1C1=C[CH]C=C[CH-]1.[Pd+2]. The van der Waals surface area contributed by atoms with Crippen molar-refractivity contribution >= 4 is 34.6 Å². The standard InChI is InChI=1S/C35H53O2P.C12H11N.CH4O3S.Pd/c1-23(2)26-21-29(24(3)4)33(30(22-26)25(5)6)34-31(36-7)19-20-32(37-8)35(34)38(27-15-11-9-12-16-27)28-17-13-10-14-18-28;13-12-9-5-4-8-11(12)10-6-2-1-3-7-10;1-5(2,3)4;/h19-25,27-28H,9-18H2,1-8H3;1-9H,13H2;1H3,(H,2,3,4);/q;-1;;+2/p-1. The van der Waals surface area contributed by atoms with Gasteiger partial charge in [0.05, 0.1) is 24.3 Å². The molecule has 0 spiro atoms. The molecular formula is C48H67NO5PPdS. The Balaban J connectivity index is 0.000000377. The van der Waals surface area contributed by atoms with Crippen molar-refractivity contribution in [3.63, 3.8) is 0 Å². The average Bonchev–Trinajstić information content (AvgIpc) is 3.18. The molecule has 0 aromatic heterocycles. The molecule has 3 aromatic carbocycles. The van der Waals surface area contributed by atoms with Gasteiger partial charge in [-0.05, 0) is 101 Å². The first kappa shape index (κ1) is 48.8. The summed E-state index contributed by atoms with van der Waals surface area (Å²) in [5.41, 5.74) is 17.7. The maximum atomic E-state index is 9.08. The smallest absolute Gasteiger partial charge is 0.748 e. The number of ether oxygens (including phenoxy) is 2. The van der Waals surface area contributed by atoms with Crippen LogP contribution in [-0.4, -0.2) is 44.8 Å². The van der Waals surface area contributed by atoms with E-state index in [1.807, 2.05) is 57.1 Å². The summed E-state index contributed by atoms with van der Waals surface area (Å²) >= 11 is 0. The van der Waals surface area contributed by atoms with Crippen LogP contribution in [0, 0.1) is 12.8 Å². The number of nitrogen functional groups attached to an aromatic ring is 1. The molecule has 315 valence electrons. The van der Waals surface area contributed by atoms with Gasteiger partial charge in [0.15, 0.2) is 0 Å². The Morgan fingerprint density at radius 3 is 1.67 bits per heavy atom. The second-order valence-electron chi connectivity index (χ2n) is 16.4. The van der Waals surface area contributed by atoms with Crippen molar-refractivity contribution in [3.05, 3.63) is 102 Å². The van der Waals surface area contributed by atoms with E-state index in [0.717, 1.165) is 34.1 Å². The second-order valence-corrected chi connectivity index (χ2v) is 20.5. The Morgan fingerprint density at radius 2 is 1.25 bits per heavy atom. The van der Waals surface area contributed by atoms with Crippen LogP contribution in [0.15, 0.2) is 66.8 Å². The summed E-state index contributed by atoms with van der Waals surface area (Å²) < 4.78 is 39.8. The minimum absolute atomic E-state index is 0. The fourth-order valence-electron chi connectivity index (χ4n) is 8.39. The van der Waals surface area contributed by atoms with E-state index >= 15 is 0 Å². The van der Waals surface area contributed by atoms with Gasteiger partial charge in [-0.25, -0.2) is 8.42 Å². The number of anilines is 1. The number of rotatable bonds is 10. The molecule has 0 aliphatic heterocycles. The molecule has 2 fully saturated rings. The van der Waals surface area contributed by atoms with Gasteiger partial charge in [0.25, 0.3) is 0 Å². The zero-order chi connectivity index (χ0) is 41.0. The molecule has 2 saturated carbocycles. The molecular weight excluding hydrogens is 840 g/mol. The Kier molecular flexibility index (Phi) is 19.9. The predicted octanol–water partition coefficient (Wildman–Crippen LogP) is 12.3. The van der Waals surface area contributed by atoms with E-state index < -0.39 is 10.1 Å². The first-order chi connectivity index (χ1) is 26.7. The zero-order valence-electron chi connectivity index (χ0n) is 35.8. The van der Waals surface area contributed by atoms with Gasteiger partial charge in [0.2, 0.25) is 0 Å². The van der Waals surface area contributed by atoms with Crippen molar-refractivity contribution in [2.45, 2.75) is 135 Å². The number of methoxy groups -OCH3 is 2. The Bertz CT molecular complexity index is 1840. The van der Waals surface area contributed by atoms with Crippen molar-refractivity contribution < 1.29 is 42.9 Å². The largest absolute Gasteiger partial charge is 2.00 e. The normalized spacial score (nSPS) is 16.2. The third-order valence-corrected chi connectivity index (χ3v) is 14.7. The van der Waals surface area contributed by atoms with Crippen LogP contribution in [0.5, 0.6) is 11.5 Å². The average molecular weight is 908 g/mol. The van der Waals surface area contributed by atoms with E-state index in [0.29, 0.717) is 24.0 Å². The van der Waals surface area contributed by atoms with Crippen molar-refractivity contribution in [2.24, 2.45) is 0 Å². The second kappa shape index (κ2) is 23.3. The van der Waals surface area contributed by atoms with Gasteiger partial charge in [0, 0.05) is 17.1 Å². The van der Waals surface area contributed by atoms with E-state index in [4.69, 9.17) is 28.2 Å². The monoisotopic (exact) mass is 906 g/mol. The molecule has 2 N–H and O–H groups in total. The number of hydrogen-bond donors (Lipinski definition) is 1. The van der Waals surface area contributed by atoms with E-state index in [1.54, 1.807) is 0 Å². The third-order valence-electron chi connectivity index (χ3n) is 11.2. The van der Waals surface area contributed by atoms with E-state index in [1.165, 1.54) is 103 Å². The molecule has 0 heterocycles. The fourth-order valence-corrected chi connectivity index (χ4v) is 12.5. The summed E-state index contributed by atoms with van der Waals surface area (Å²) in [5, 5.41) is 1.52. The van der Waals surface area contributed by atoms with Crippen molar-refractivity contribution in [3.8, 4) is 22.6 Å². The van der Waals surface area contributed by atoms with Crippen LogP contribution in [0.3, 0.4) is 0 Å². The molecule has 9 heteroatoms. The van der Waals surface area contributed by atoms with Gasteiger partial charge < -0.3 is 19.8 Å². The van der Waals surface area contributed by atoms with Gasteiger partial charge in [-0.2, -0.15) is 12.2 Å². The number of benzene rings is 3.